The third-order valence-corrected chi connectivity index (χ3v) is 1.88. The van der Waals surface area contributed by atoms with E-state index in [0.29, 0.717) is 5.92 Å². The first-order valence-electron chi connectivity index (χ1n) is 3.75. The summed E-state index contributed by atoms with van der Waals surface area (Å²) in [6.45, 7) is 1.72. The van der Waals surface area contributed by atoms with Gasteiger partial charge in [-0.1, -0.05) is 5.21 Å². The van der Waals surface area contributed by atoms with Gasteiger partial charge in [0.1, 0.15) is 0 Å². The van der Waals surface area contributed by atoms with E-state index in [2.05, 4.69) is 20.6 Å². The van der Waals surface area contributed by atoms with Crippen LogP contribution >= 0.6 is 0 Å². The molecule has 11 heavy (non-hydrogen) atoms. The van der Waals surface area contributed by atoms with Crippen LogP contribution in [0.1, 0.15) is 12.2 Å². The molecule has 0 saturated carbocycles. The van der Waals surface area contributed by atoms with Crippen LogP contribution in [0.3, 0.4) is 0 Å². The third-order valence-electron chi connectivity index (χ3n) is 1.88. The van der Waals surface area contributed by atoms with E-state index in [4.69, 9.17) is 4.74 Å². The summed E-state index contributed by atoms with van der Waals surface area (Å²) < 4.78 is 5.22. The molecule has 5 nitrogen and oxygen atoms in total. The summed E-state index contributed by atoms with van der Waals surface area (Å²) in [6, 6.07) is 0. The first-order chi connectivity index (χ1) is 5.45. The fourth-order valence-corrected chi connectivity index (χ4v) is 1.27. The van der Waals surface area contributed by atoms with E-state index in [1.54, 1.807) is 0 Å². The van der Waals surface area contributed by atoms with Crippen LogP contribution < -0.4 is 0 Å². The van der Waals surface area contributed by atoms with Gasteiger partial charge in [0.05, 0.1) is 0 Å². The second-order valence-corrected chi connectivity index (χ2v) is 2.76. The van der Waals surface area contributed by atoms with Gasteiger partial charge in [-0.05, 0) is 12.3 Å². The van der Waals surface area contributed by atoms with Gasteiger partial charge in [0.25, 0.3) is 0 Å². The molecular formula is C6H10N4O. The van der Waals surface area contributed by atoms with E-state index in [1.165, 1.54) is 0 Å². The molecule has 1 N–H and O–H groups in total. The van der Waals surface area contributed by atoms with Crippen molar-refractivity contribution in [3.8, 4) is 0 Å². The predicted octanol–water partition coefficient (Wildman–Crippen LogP) is -0.221. The minimum Gasteiger partial charge on any atom is -0.381 e. The zero-order valence-electron chi connectivity index (χ0n) is 6.16. The predicted molar refractivity (Wildman–Crippen MR) is 36.8 cm³/mol. The van der Waals surface area contributed by atoms with E-state index in [0.717, 1.165) is 31.9 Å². The molecule has 1 fully saturated rings. The van der Waals surface area contributed by atoms with Crippen molar-refractivity contribution in [2.24, 2.45) is 5.92 Å². The van der Waals surface area contributed by atoms with Crippen molar-refractivity contribution >= 4 is 0 Å². The summed E-state index contributed by atoms with van der Waals surface area (Å²) in [6.07, 6.45) is 2.00. The zero-order chi connectivity index (χ0) is 7.52. The van der Waals surface area contributed by atoms with Gasteiger partial charge in [-0.15, -0.1) is 10.2 Å². The molecule has 1 aromatic heterocycles. The smallest absolute Gasteiger partial charge is 0.174 e. The van der Waals surface area contributed by atoms with Gasteiger partial charge in [-0.2, -0.15) is 5.21 Å². The topological polar surface area (TPSA) is 63.7 Å². The summed E-state index contributed by atoms with van der Waals surface area (Å²) in [5.74, 6) is 1.38. The van der Waals surface area contributed by atoms with E-state index in [9.17, 15) is 0 Å². The number of aromatic amines is 1. The summed E-state index contributed by atoms with van der Waals surface area (Å²) in [7, 11) is 0. The fourth-order valence-electron chi connectivity index (χ4n) is 1.27. The van der Waals surface area contributed by atoms with Gasteiger partial charge in [-0.3, -0.25) is 0 Å². The second kappa shape index (κ2) is 2.96. The van der Waals surface area contributed by atoms with Gasteiger partial charge in [0.2, 0.25) is 0 Å². The first kappa shape index (κ1) is 6.72. The number of aromatic nitrogens is 4. The molecular weight excluding hydrogens is 144 g/mol. The van der Waals surface area contributed by atoms with Crippen molar-refractivity contribution in [1.82, 2.24) is 20.6 Å². The Labute approximate surface area is 64.1 Å². The Morgan fingerprint density at radius 1 is 1.64 bits per heavy atom. The van der Waals surface area contributed by atoms with Crippen LogP contribution in [0.4, 0.5) is 0 Å². The Morgan fingerprint density at radius 3 is 3.27 bits per heavy atom. The lowest BCUT2D eigenvalue weighted by Crippen LogP contribution is -2.04. The number of hydrogen-bond acceptors (Lipinski definition) is 4. The van der Waals surface area contributed by atoms with Crippen LogP contribution in [-0.4, -0.2) is 33.8 Å². The number of tetrazole rings is 1. The Balaban J connectivity index is 1.90. The normalized spacial score (nSPS) is 24.2. The lowest BCUT2D eigenvalue weighted by molar-refractivity contribution is 0.185. The average Bonchev–Trinajstić information content (AvgIpc) is 2.60. The highest BCUT2D eigenvalue weighted by atomic mass is 16.5. The fraction of sp³-hybridized carbons (Fsp3) is 0.833. The van der Waals surface area contributed by atoms with E-state index in [1.807, 2.05) is 0 Å². The van der Waals surface area contributed by atoms with Gasteiger partial charge in [0, 0.05) is 19.6 Å². The van der Waals surface area contributed by atoms with Crippen LogP contribution in [0.25, 0.3) is 0 Å². The maximum absolute atomic E-state index is 5.22. The number of ether oxygens (including phenoxy) is 1. The number of nitrogens with zero attached hydrogens (tertiary/aromatic N) is 3. The Hall–Kier alpha value is -0.970. The summed E-state index contributed by atoms with van der Waals surface area (Å²) in [5, 5.41) is 13.7. The number of H-pyrrole nitrogens is 1. The van der Waals surface area contributed by atoms with Crippen molar-refractivity contribution < 1.29 is 4.74 Å². The van der Waals surface area contributed by atoms with Crippen molar-refractivity contribution in [3.63, 3.8) is 0 Å². The molecule has 0 unspecified atom stereocenters. The van der Waals surface area contributed by atoms with E-state index >= 15 is 0 Å². The molecule has 2 heterocycles. The highest BCUT2D eigenvalue weighted by Crippen LogP contribution is 2.15. The lowest BCUT2D eigenvalue weighted by atomic mass is 10.1. The molecule has 0 aliphatic carbocycles. The standard InChI is InChI=1S/C6H10N4O/c1-2-11-4-5(1)3-6-7-9-10-8-6/h5H,1-4H2,(H,7,8,9,10)/t5-/m1/s1. The Kier molecular flexibility index (Phi) is 1.81. The molecule has 1 aromatic rings. The first-order valence-corrected chi connectivity index (χ1v) is 3.75. The molecule has 1 saturated heterocycles. The average molecular weight is 154 g/mol. The van der Waals surface area contributed by atoms with Crippen molar-refractivity contribution in [3.05, 3.63) is 5.82 Å². The van der Waals surface area contributed by atoms with Crippen molar-refractivity contribution in [1.29, 1.82) is 0 Å². The molecule has 0 bridgehead atoms. The van der Waals surface area contributed by atoms with Gasteiger partial charge >= 0.3 is 0 Å². The Bertz CT molecular complexity index is 204. The molecule has 60 valence electrons. The van der Waals surface area contributed by atoms with Crippen LogP contribution in [0.15, 0.2) is 0 Å². The zero-order valence-corrected chi connectivity index (χ0v) is 6.16. The molecule has 0 radical (unpaired) electrons. The van der Waals surface area contributed by atoms with Crippen LogP contribution in [0.2, 0.25) is 0 Å². The van der Waals surface area contributed by atoms with Gasteiger partial charge < -0.3 is 4.74 Å². The SMILES string of the molecule is C1C[C@H](Cc2nn[nH]n2)CO1. The minimum atomic E-state index is 0.590. The number of rotatable bonds is 2. The van der Waals surface area contributed by atoms with Crippen molar-refractivity contribution in [2.75, 3.05) is 13.2 Å². The molecule has 5 heteroatoms. The molecule has 2 rings (SSSR count). The second-order valence-electron chi connectivity index (χ2n) is 2.76. The Morgan fingerprint density at radius 2 is 2.64 bits per heavy atom. The summed E-state index contributed by atoms with van der Waals surface area (Å²) >= 11 is 0. The molecule has 1 aliphatic heterocycles. The van der Waals surface area contributed by atoms with E-state index < -0.39 is 0 Å². The van der Waals surface area contributed by atoms with Crippen LogP contribution in [0.5, 0.6) is 0 Å². The number of hydrogen-bond donors (Lipinski definition) is 1. The molecule has 1 aliphatic rings. The van der Waals surface area contributed by atoms with Crippen molar-refractivity contribution in [2.45, 2.75) is 12.8 Å². The van der Waals surface area contributed by atoms with Gasteiger partial charge in [-0.25, -0.2) is 0 Å². The van der Waals surface area contributed by atoms with Crippen LogP contribution in [-0.2, 0) is 11.2 Å². The highest BCUT2D eigenvalue weighted by molar-refractivity contribution is 4.81. The highest BCUT2D eigenvalue weighted by Gasteiger charge is 2.17. The largest absolute Gasteiger partial charge is 0.381 e. The minimum absolute atomic E-state index is 0.590. The maximum atomic E-state index is 5.22. The number of nitrogens with one attached hydrogen (secondary N) is 1. The van der Waals surface area contributed by atoms with Gasteiger partial charge in [0.15, 0.2) is 5.82 Å². The molecule has 0 amide bonds. The molecule has 0 aromatic carbocycles. The summed E-state index contributed by atoms with van der Waals surface area (Å²) in [4.78, 5) is 0. The maximum Gasteiger partial charge on any atom is 0.174 e. The quantitative estimate of drug-likeness (QED) is 0.639. The molecule has 1 atom stereocenters. The lowest BCUT2D eigenvalue weighted by Gasteiger charge is -2.00. The monoisotopic (exact) mass is 154 g/mol. The third kappa shape index (κ3) is 1.54. The molecule has 0 spiro atoms. The van der Waals surface area contributed by atoms with Crippen LogP contribution in [0, 0.1) is 5.92 Å². The summed E-state index contributed by atoms with van der Waals surface area (Å²) in [5.41, 5.74) is 0. The van der Waals surface area contributed by atoms with E-state index in [-0.39, 0.29) is 0 Å².